The highest BCUT2D eigenvalue weighted by molar-refractivity contribution is 6.64. The normalized spacial score (nSPS) is 26.4. The maximum atomic E-state index is 6.20. The van der Waals surface area contributed by atoms with Crippen LogP contribution in [-0.4, -0.2) is 26.4 Å². The molecule has 2 N–H and O–H groups in total. The molecule has 0 radical (unpaired) electrons. The van der Waals surface area contributed by atoms with Crippen LogP contribution in [0.5, 0.6) is 5.75 Å². The summed E-state index contributed by atoms with van der Waals surface area (Å²) in [7, 11) is -0.412. The van der Waals surface area contributed by atoms with Gasteiger partial charge in [0.2, 0.25) is 0 Å². The van der Waals surface area contributed by atoms with E-state index in [1.807, 2.05) is 19.1 Å². The highest BCUT2D eigenvalue weighted by Gasteiger charge is 2.43. The largest absolute Gasteiger partial charge is 0.498 e. The SMILES string of the molecule is CC1COc2ccc(Cl)c3c2B(O1)OC3CN. The molecule has 2 aliphatic rings. The molecule has 1 aromatic rings. The first-order valence-electron chi connectivity index (χ1n) is 5.66. The van der Waals surface area contributed by atoms with Gasteiger partial charge in [-0.1, -0.05) is 11.6 Å². The smallest absolute Gasteiger partial charge is 0.491 e. The van der Waals surface area contributed by atoms with Gasteiger partial charge in [0.1, 0.15) is 12.4 Å². The lowest BCUT2D eigenvalue weighted by molar-refractivity contribution is 0.101. The molecule has 0 fully saturated rings. The van der Waals surface area contributed by atoms with Crippen molar-refractivity contribution >= 4 is 24.2 Å². The molecule has 2 heterocycles. The summed E-state index contributed by atoms with van der Waals surface area (Å²) in [5.74, 6) is 0.787. The quantitative estimate of drug-likeness (QED) is 0.755. The van der Waals surface area contributed by atoms with E-state index in [1.54, 1.807) is 0 Å². The lowest BCUT2D eigenvalue weighted by Crippen LogP contribution is -2.34. The van der Waals surface area contributed by atoms with Crippen molar-refractivity contribution in [2.24, 2.45) is 5.73 Å². The third kappa shape index (κ3) is 1.74. The van der Waals surface area contributed by atoms with Crippen molar-refractivity contribution in [2.75, 3.05) is 13.2 Å². The number of hydrogen-bond acceptors (Lipinski definition) is 4. The van der Waals surface area contributed by atoms with Crippen LogP contribution in [0.15, 0.2) is 12.1 Å². The second-order valence-corrected chi connectivity index (χ2v) is 4.73. The molecule has 0 amide bonds. The zero-order valence-electron chi connectivity index (χ0n) is 9.48. The van der Waals surface area contributed by atoms with E-state index in [4.69, 9.17) is 31.4 Å². The van der Waals surface area contributed by atoms with Crippen LogP contribution in [0.1, 0.15) is 18.6 Å². The second kappa shape index (κ2) is 4.17. The molecule has 0 spiro atoms. The second-order valence-electron chi connectivity index (χ2n) is 4.32. The van der Waals surface area contributed by atoms with E-state index in [9.17, 15) is 0 Å². The van der Waals surface area contributed by atoms with Crippen molar-refractivity contribution in [3.05, 3.63) is 22.7 Å². The van der Waals surface area contributed by atoms with Gasteiger partial charge in [-0.05, 0) is 19.1 Å². The lowest BCUT2D eigenvalue weighted by Gasteiger charge is -2.15. The summed E-state index contributed by atoms with van der Waals surface area (Å²) in [5.41, 5.74) is 7.51. The molecule has 90 valence electrons. The molecule has 17 heavy (non-hydrogen) atoms. The van der Waals surface area contributed by atoms with Crippen molar-refractivity contribution in [1.82, 2.24) is 0 Å². The van der Waals surface area contributed by atoms with Crippen molar-refractivity contribution in [3.8, 4) is 5.75 Å². The first-order chi connectivity index (χ1) is 8.20. The molecule has 0 saturated heterocycles. The fourth-order valence-corrected chi connectivity index (χ4v) is 2.59. The zero-order valence-corrected chi connectivity index (χ0v) is 10.2. The summed E-state index contributed by atoms with van der Waals surface area (Å²) >= 11 is 6.20. The molecular formula is C11H13BClNO3. The average molecular weight is 253 g/mol. The number of rotatable bonds is 1. The summed E-state index contributed by atoms with van der Waals surface area (Å²) in [6.45, 7) is 2.85. The first kappa shape index (κ1) is 11.4. The van der Waals surface area contributed by atoms with Crippen LogP contribution in [0.3, 0.4) is 0 Å². The third-order valence-corrected chi connectivity index (χ3v) is 3.41. The van der Waals surface area contributed by atoms with E-state index < -0.39 is 7.12 Å². The van der Waals surface area contributed by atoms with E-state index in [1.165, 1.54) is 0 Å². The third-order valence-electron chi connectivity index (χ3n) is 3.08. The molecule has 0 saturated carbocycles. The number of hydrogen-bond donors (Lipinski definition) is 1. The lowest BCUT2D eigenvalue weighted by atomic mass is 9.77. The minimum absolute atomic E-state index is 0.0180. The van der Waals surface area contributed by atoms with E-state index in [0.717, 1.165) is 16.8 Å². The maximum Gasteiger partial charge on any atom is 0.498 e. The Balaban J connectivity index is 2.14. The first-order valence-corrected chi connectivity index (χ1v) is 6.04. The van der Waals surface area contributed by atoms with Crippen LogP contribution in [0.2, 0.25) is 5.02 Å². The standard InChI is InChI=1S/C11H13BClNO3/c1-6-5-15-8-3-2-7(13)10-9(4-14)17-12(16-6)11(8)10/h2-3,6,9H,4-5,14H2,1H3. The van der Waals surface area contributed by atoms with Gasteiger partial charge in [0.15, 0.2) is 0 Å². The van der Waals surface area contributed by atoms with Crippen molar-refractivity contribution in [1.29, 1.82) is 0 Å². The van der Waals surface area contributed by atoms with Gasteiger partial charge in [-0.2, -0.15) is 0 Å². The minimum Gasteiger partial charge on any atom is -0.491 e. The van der Waals surface area contributed by atoms with Crippen molar-refractivity contribution in [3.63, 3.8) is 0 Å². The highest BCUT2D eigenvalue weighted by Crippen LogP contribution is 2.35. The predicted octanol–water partition coefficient (Wildman–Crippen LogP) is 0.863. The molecule has 4 nitrogen and oxygen atoms in total. The Labute approximate surface area is 105 Å². The Morgan fingerprint density at radius 1 is 1.47 bits per heavy atom. The fourth-order valence-electron chi connectivity index (χ4n) is 2.30. The highest BCUT2D eigenvalue weighted by atomic mass is 35.5. The Morgan fingerprint density at radius 3 is 3.06 bits per heavy atom. The van der Waals surface area contributed by atoms with Crippen LogP contribution in [-0.2, 0) is 9.31 Å². The molecule has 0 aromatic heterocycles. The summed E-state index contributed by atoms with van der Waals surface area (Å²) in [5, 5.41) is 0.656. The van der Waals surface area contributed by atoms with E-state index in [2.05, 4.69) is 0 Å². The molecular weight excluding hydrogens is 240 g/mol. The molecule has 0 aliphatic carbocycles. The van der Waals surface area contributed by atoms with Crippen LogP contribution in [0.25, 0.3) is 0 Å². The number of benzene rings is 1. The molecule has 2 atom stereocenters. The van der Waals surface area contributed by atoms with Gasteiger partial charge in [0.25, 0.3) is 0 Å². The maximum absolute atomic E-state index is 6.20. The van der Waals surface area contributed by atoms with E-state index >= 15 is 0 Å². The van der Waals surface area contributed by atoms with Crippen LogP contribution in [0, 0.1) is 0 Å². The summed E-state index contributed by atoms with van der Waals surface area (Å²) < 4.78 is 17.2. The Hall–Kier alpha value is -0.745. The van der Waals surface area contributed by atoms with Gasteiger partial charge in [-0.15, -0.1) is 0 Å². The summed E-state index contributed by atoms with van der Waals surface area (Å²) in [4.78, 5) is 0. The van der Waals surface area contributed by atoms with Gasteiger partial charge in [0.05, 0.1) is 12.2 Å². The summed E-state index contributed by atoms with van der Waals surface area (Å²) in [6.07, 6.45) is -0.230. The minimum atomic E-state index is -0.412. The number of halogens is 1. The van der Waals surface area contributed by atoms with Crippen molar-refractivity contribution < 1.29 is 14.0 Å². The van der Waals surface area contributed by atoms with Crippen LogP contribution in [0.4, 0.5) is 0 Å². The number of ether oxygens (including phenoxy) is 1. The number of nitrogens with two attached hydrogens (primary N) is 1. The molecule has 3 rings (SSSR count). The predicted molar refractivity (Wildman–Crippen MR) is 65.8 cm³/mol. The van der Waals surface area contributed by atoms with Gasteiger partial charge < -0.3 is 19.8 Å². The van der Waals surface area contributed by atoms with Gasteiger partial charge in [0, 0.05) is 22.6 Å². The molecule has 2 unspecified atom stereocenters. The Bertz CT molecular complexity index is 457. The van der Waals surface area contributed by atoms with E-state index in [0.29, 0.717) is 18.2 Å². The van der Waals surface area contributed by atoms with Crippen LogP contribution < -0.4 is 15.9 Å². The Morgan fingerprint density at radius 2 is 2.29 bits per heavy atom. The summed E-state index contributed by atoms with van der Waals surface area (Å²) in [6, 6.07) is 3.68. The Kier molecular flexibility index (Phi) is 2.79. The van der Waals surface area contributed by atoms with Gasteiger partial charge >= 0.3 is 7.12 Å². The van der Waals surface area contributed by atoms with Crippen molar-refractivity contribution in [2.45, 2.75) is 19.1 Å². The van der Waals surface area contributed by atoms with Gasteiger partial charge in [-0.3, -0.25) is 0 Å². The topological polar surface area (TPSA) is 53.7 Å². The molecule has 6 heteroatoms. The average Bonchev–Trinajstić information content (AvgIpc) is 2.60. The molecule has 1 aromatic carbocycles. The zero-order chi connectivity index (χ0) is 12.0. The van der Waals surface area contributed by atoms with Gasteiger partial charge in [-0.25, -0.2) is 0 Å². The molecule has 2 aliphatic heterocycles. The molecule has 0 bridgehead atoms. The van der Waals surface area contributed by atoms with Crippen LogP contribution >= 0.6 is 11.6 Å². The van der Waals surface area contributed by atoms with E-state index in [-0.39, 0.29) is 12.2 Å². The monoisotopic (exact) mass is 253 g/mol. The fraction of sp³-hybridized carbons (Fsp3) is 0.455.